The van der Waals surface area contributed by atoms with E-state index in [0.717, 1.165) is 32.7 Å². The number of likely N-dealkylation sites (N-methyl/N-ethyl adjacent to an activating group) is 1. The van der Waals surface area contributed by atoms with E-state index in [4.69, 9.17) is 11.5 Å². The lowest BCUT2D eigenvalue weighted by molar-refractivity contribution is -0.130. The zero-order chi connectivity index (χ0) is 14.5. The maximum atomic E-state index is 12.1. The predicted molar refractivity (Wildman–Crippen MR) is 80.3 cm³/mol. The van der Waals surface area contributed by atoms with Crippen molar-refractivity contribution in [3.8, 4) is 0 Å². The Morgan fingerprint density at radius 1 is 1.25 bits per heavy atom. The lowest BCUT2D eigenvalue weighted by Gasteiger charge is -2.33. The number of hydrogen-bond donors (Lipinski definition) is 2. The summed E-state index contributed by atoms with van der Waals surface area (Å²) in [5, 5.41) is 0.447. The van der Waals surface area contributed by atoms with Gasteiger partial charge in [-0.3, -0.25) is 4.79 Å². The van der Waals surface area contributed by atoms with Crippen LogP contribution in [0.1, 0.15) is 6.92 Å². The molecule has 0 aliphatic carbocycles. The Balaban J connectivity index is 1.83. The van der Waals surface area contributed by atoms with E-state index < -0.39 is 0 Å². The van der Waals surface area contributed by atoms with Crippen LogP contribution < -0.4 is 11.5 Å². The fraction of sp³-hybridized carbons (Fsp3) is 0.583. The van der Waals surface area contributed by atoms with Gasteiger partial charge in [0.25, 0.3) is 0 Å². The van der Waals surface area contributed by atoms with E-state index in [1.54, 1.807) is 0 Å². The first-order chi connectivity index (χ1) is 9.58. The lowest BCUT2D eigenvalue weighted by Crippen LogP contribution is -2.49. The van der Waals surface area contributed by atoms with Crippen molar-refractivity contribution in [1.82, 2.24) is 19.8 Å². The third-order valence-corrected chi connectivity index (χ3v) is 4.07. The van der Waals surface area contributed by atoms with Crippen LogP contribution in [0.5, 0.6) is 0 Å². The molecule has 110 valence electrons. The molecule has 0 bridgehead atoms. The Bertz CT molecular complexity index is 455. The van der Waals surface area contributed by atoms with Crippen LogP contribution in [0.25, 0.3) is 0 Å². The molecule has 0 saturated carbocycles. The maximum Gasteiger partial charge on any atom is 0.233 e. The number of nitrogens with two attached hydrogens (primary N) is 2. The molecule has 1 aliphatic heterocycles. The van der Waals surface area contributed by atoms with Crippen LogP contribution in [-0.4, -0.2) is 64.2 Å². The molecule has 20 heavy (non-hydrogen) atoms. The fourth-order valence-electron chi connectivity index (χ4n) is 2.06. The molecule has 1 aliphatic rings. The molecule has 1 saturated heterocycles. The number of piperazine rings is 1. The number of amides is 1. The number of aromatic nitrogens is 2. The number of rotatable bonds is 4. The highest BCUT2D eigenvalue weighted by molar-refractivity contribution is 7.99. The van der Waals surface area contributed by atoms with Crippen molar-refractivity contribution in [2.45, 2.75) is 12.1 Å². The Morgan fingerprint density at radius 3 is 2.40 bits per heavy atom. The molecule has 8 heteroatoms. The quantitative estimate of drug-likeness (QED) is 0.591. The van der Waals surface area contributed by atoms with E-state index in [2.05, 4.69) is 21.8 Å². The van der Waals surface area contributed by atoms with Crippen LogP contribution in [0, 0.1) is 0 Å². The highest BCUT2D eigenvalue weighted by Gasteiger charge is 2.20. The van der Waals surface area contributed by atoms with Gasteiger partial charge in [0.2, 0.25) is 5.91 Å². The Labute approximate surface area is 122 Å². The Kier molecular flexibility index (Phi) is 5.02. The minimum Gasteiger partial charge on any atom is -0.383 e. The standard InChI is InChI=1S/C12H20N6OS/c1-2-17-3-5-18(6-4-17)11(19)8-20-12-15-9(13)7-10(14)16-12/h7H,2-6,8H2,1H3,(H4,13,14,15,16). The fourth-order valence-corrected chi connectivity index (χ4v) is 2.83. The molecular weight excluding hydrogens is 276 g/mol. The first-order valence-corrected chi connectivity index (χ1v) is 7.60. The normalized spacial score (nSPS) is 16.4. The van der Waals surface area contributed by atoms with E-state index in [0.29, 0.717) is 22.5 Å². The molecule has 7 nitrogen and oxygen atoms in total. The van der Waals surface area contributed by atoms with Crippen LogP contribution in [-0.2, 0) is 4.79 Å². The van der Waals surface area contributed by atoms with Crippen LogP contribution in [0.3, 0.4) is 0 Å². The van der Waals surface area contributed by atoms with Crippen molar-refractivity contribution >= 4 is 29.3 Å². The van der Waals surface area contributed by atoms with Crippen molar-refractivity contribution in [3.05, 3.63) is 6.07 Å². The third-order valence-electron chi connectivity index (χ3n) is 3.24. The van der Waals surface area contributed by atoms with Gasteiger partial charge in [0.05, 0.1) is 5.75 Å². The van der Waals surface area contributed by atoms with Crippen molar-refractivity contribution in [1.29, 1.82) is 0 Å². The summed E-state index contributed by atoms with van der Waals surface area (Å²) < 4.78 is 0. The van der Waals surface area contributed by atoms with Crippen LogP contribution >= 0.6 is 11.8 Å². The van der Waals surface area contributed by atoms with Crippen LogP contribution in [0.2, 0.25) is 0 Å². The lowest BCUT2D eigenvalue weighted by atomic mass is 10.3. The number of anilines is 2. The minimum absolute atomic E-state index is 0.107. The van der Waals surface area contributed by atoms with E-state index in [1.165, 1.54) is 17.8 Å². The molecule has 1 fully saturated rings. The SMILES string of the molecule is CCN1CCN(C(=O)CSc2nc(N)cc(N)n2)CC1. The van der Waals surface area contributed by atoms with E-state index in [9.17, 15) is 4.79 Å². The maximum absolute atomic E-state index is 12.1. The zero-order valence-corrected chi connectivity index (χ0v) is 12.4. The van der Waals surface area contributed by atoms with Gasteiger partial charge in [0.15, 0.2) is 5.16 Å². The van der Waals surface area contributed by atoms with Gasteiger partial charge in [-0.25, -0.2) is 9.97 Å². The number of thioether (sulfide) groups is 1. The summed E-state index contributed by atoms with van der Waals surface area (Å²) in [6.45, 7) is 6.62. The largest absolute Gasteiger partial charge is 0.383 e. The first kappa shape index (κ1) is 14.9. The van der Waals surface area contributed by atoms with Gasteiger partial charge >= 0.3 is 0 Å². The highest BCUT2D eigenvalue weighted by atomic mass is 32.2. The molecule has 1 aromatic rings. The molecule has 0 atom stereocenters. The molecule has 0 unspecified atom stereocenters. The monoisotopic (exact) mass is 296 g/mol. The number of nitrogen functional groups attached to an aromatic ring is 2. The summed E-state index contributed by atoms with van der Waals surface area (Å²) in [6.07, 6.45) is 0. The van der Waals surface area contributed by atoms with Gasteiger partial charge in [-0.1, -0.05) is 18.7 Å². The second-order valence-corrected chi connectivity index (χ2v) is 5.55. The Hall–Kier alpha value is -1.54. The molecule has 0 radical (unpaired) electrons. The molecule has 4 N–H and O–H groups in total. The summed E-state index contributed by atoms with van der Waals surface area (Å²) in [6, 6.07) is 1.50. The van der Waals surface area contributed by atoms with E-state index in [-0.39, 0.29) is 5.91 Å². The van der Waals surface area contributed by atoms with Gasteiger partial charge in [0, 0.05) is 32.2 Å². The van der Waals surface area contributed by atoms with E-state index in [1.807, 2.05) is 4.90 Å². The zero-order valence-electron chi connectivity index (χ0n) is 11.6. The summed E-state index contributed by atoms with van der Waals surface area (Å²) in [4.78, 5) is 24.4. The van der Waals surface area contributed by atoms with Gasteiger partial charge < -0.3 is 21.3 Å². The average Bonchev–Trinajstić information content (AvgIpc) is 2.44. The van der Waals surface area contributed by atoms with Crippen LogP contribution in [0.4, 0.5) is 11.6 Å². The highest BCUT2D eigenvalue weighted by Crippen LogP contribution is 2.17. The minimum atomic E-state index is 0.107. The molecule has 2 heterocycles. The molecule has 0 spiro atoms. The van der Waals surface area contributed by atoms with Crippen molar-refractivity contribution in [2.24, 2.45) is 0 Å². The van der Waals surface area contributed by atoms with Gasteiger partial charge in [-0.2, -0.15) is 0 Å². The smallest absolute Gasteiger partial charge is 0.233 e. The van der Waals surface area contributed by atoms with Crippen molar-refractivity contribution in [3.63, 3.8) is 0 Å². The second-order valence-electron chi connectivity index (χ2n) is 4.60. The van der Waals surface area contributed by atoms with Crippen LogP contribution in [0.15, 0.2) is 11.2 Å². The molecule has 2 rings (SSSR count). The van der Waals surface area contributed by atoms with Crippen molar-refractivity contribution < 1.29 is 4.79 Å². The Morgan fingerprint density at radius 2 is 1.85 bits per heavy atom. The van der Waals surface area contributed by atoms with Gasteiger partial charge in [-0.05, 0) is 6.54 Å². The molecule has 1 aromatic heterocycles. The second kappa shape index (κ2) is 6.76. The van der Waals surface area contributed by atoms with Gasteiger partial charge in [-0.15, -0.1) is 0 Å². The average molecular weight is 296 g/mol. The summed E-state index contributed by atoms with van der Waals surface area (Å²) in [7, 11) is 0. The number of carbonyl (C=O) groups is 1. The number of hydrogen-bond acceptors (Lipinski definition) is 7. The molecule has 0 aromatic carbocycles. The summed E-state index contributed by atoms with van der Waals surface area (Å²) in [5.74, 6) is 1.07. The summed E-state index contributed by atoms with van der Waals surface area (Å²) >= 11 is 1.27. The van der Waals surface area contributed by atoms with Gasteiger partial charge in [0.1, 0.15) is 11.6 Å². The first-order valence-electron chi connectivity index (χ1n) is 6.61. The summed E-state index contributed by atoms with van der Waals surface area (Å²) in [5.41, 5.74) is 11.2. The topological polar surface area (TPSA) is 101 Å². The molecule has 1 amide bonds. The number of nitrogens with zero attached hydrogens (tertiary/aromatic N) is 4. The molecular formula is C12H20N6OS. The predicted octanol–water partition coefficient (Wildman–Crippen LogP) is -0.103. The third kappa shape index (κ3) is 3.97. The van der Waals surface area contributed by atoms with Crippen molar-refractivity contribution in [2.75, 3.05) is 49.9 Å². The van der Waals surface area contributed by atoms with E-state index >= 15 is 0 Å². The number of carbonyl (C=O) groups excluding carboxylic acids is 1.